The summed E-state index contributed by atoms with van der Waals surface area (Å²) in [6.45, 7) is 0. The summed E-state index contributed by atoms with van der Waals surface area (Å²) in [7, 11) is 0. The monoisotopic (exact) mass is 255 g/mol. The molecule has 0 aliphatic heterocycles. The molecule has 1 N–H and O–H groups in total. The summed E-state index contributed by atoms with van der Waals surface area (Å²) < 4.78 is 0. The number of benzene rings is 2. The molecule has 0 fully saturated rings. The number of nitro benzene ring substituents is 1. The standard InChI is InChI=1S/C14H9NO4/c16-14(17)10-5-6-12(15(18)19)11-7-8-3-1-2-4-9(8)13(10)11/h1-6H,7H2,(H,16,17). The number of rotatable bonds is 2. The van der Waals surface area contributed by atoms with Crippen LogP contribution in [0.15, 0.2) is 36.4 Å². The van der Waals surface area contributed by atoms with E-state index in [1.807, 2.05) is 12.1 Å². The molecule has 0 saturated heterocycles. The maximum absolute atomic E-state index is 11.3. The highest BCUT2D eigenvalue weighted by Gasteiger charge is 2.30. The second kappa shape index (κ2) is 3.91. The molecule has 94 valence electrons. The van der Waals surface area contributed by atoms with Crippen molar-refractivity contribution in [2.75, 3.05) is 0 Å². The molecule has 5 nitrogen and oxygen atoms in total. The maximum atomic E-state index is 11.3. The first-order valence-corrected chi connectivity index (χ1v) is 5.71. The lowest BCUT2D eigenvalue weighted by Gasteiger charge is -2.06. The van der Waals surface area contributed by atoms with E-state index in [1.54, 1.807) is 12.1 Å². The molecule has 0 radical (unpaired) electrons. The summed E-state index contributed by atoms with van der Waals surface area (Å²) in [6, 6.07) is 9.90. The fourth-order valence-corrected chi connectivity index (χ4v) is 2.58. The van der Waals surface area contributed by atoms with E-state index < -0.39 is 10.9 Å². The molecule has 0 bridgehead atoms. The molecule has 5 heteroatoms. The van der Waals surface area contributed by atoms with Crippen molar-refractivity contribution >= 4 is 11.7 Å². The predicted molar refractivity (Wildman–Crippen MR) is 68.3 cm³/mol. The quantitative estimate of drug-likeness (QED) is 0.564. The molecule has 0 aromatic heterocycles. The average molecular weight is 255 g/mol. The van der Waals surface area contributed by atoms with E-state index in [1.165, 1.54) is 12.1 Å². The van der Waals surface area contributed by atoms with Crippen LogP contribution in [0.5, 0.6) is 0 Å². The molecule has 0 amide bonds. The normalized spacial score (nSPS) is 11.8. The van der Waals surface area contributed by atoms with E-state index in [0.29, 0.717) is 17.5 Å². The van der Waals surface area contributed by atoms with Crippen LogP contribution in [0.2, 0.25) is 0 Å². The van der Waals surface area contributed by atoms with E-state index in [2.05, 4.69) is 0 Å². The predicted octanol–water partition coefficient (Wildman–Crippen LogP) is 2.86. The molecule has 0 unspecified atom stereocenters. The molecular formula is C14H9NO4. The van der Waals surface area contributed by atoms with Crippen LogP contribution in [0.25, 0.3) is 11.1 Å². The third-order valence-corrected chi connectivity index (χ3v) is 3.37. The third-order valence-electron chi connectivity index (χ3n) is 3.37. The highest BCUT2D eigenvalue weighted by atomic mass is 16.6. The number of hydrogen-bond donors (Lipinski definition) is 1. The van der Waals surface area contributed by atoms with Gasteiger partial charge in [0.1, 0.15) is 0 Å². The summed E-state index contributed by atoms with van der Waals surface area (Å²) in [5, 5.41) is 20.3. The van der Waals surface area contributed by atoms with Crippen molar-refractivity contribution in [1.29, 1.82) is 0 Å². The Bertz CT molecular complexity index is 721. The Morgan fingerprint density at radius 1 is 1.21 bits per heavy atom. The van der Waals surface area contributed by atoms with Crippen LogP contribution in [0.1, 0.15) is 21.5 Å². The molecule has 0 atom stereocenters. The van der Waals surface area contributed by atoms with Crippen molar-refractivity contribution in [3.05, 3.63) is 63.2 Å². The van der Waals surface area contributed by atoms with E-state index in [4.69, 9.17) is 0 Å². The van der Waals surface area contributed by atoms with E-state index in [9.17, 15) is 20.0 Å². The topological polar surface area (TPSA) is 80.4 Å². The first kappa shape index (κ1) is 11.4. The van der Waals surface area contributed by atoms with Crippen LogP contribution >= 0.6 is 0 Å². The Morgan fingerprint density at radius 3 is 2.63 bits per heavy atom. The van der Waals surface area contributed by atoms with Gasteiger partial charge in [-0.2, -0.15) is 0 Å². The van der Waals surface area contributed by atoms with Gasteiger partial charge in [0.2, 0.25) is 0 Å². The molecule has 2 aromatic carbocycles. The van der Waals surface area contributed by atoms with Crippen LogP contribution in [-0.2, 0) is 6.42 Å². The number of hydrogen-bond acceptors (Lipinski definition) is 3. The minimum atomic E-state index is -1.07. The van der Waals surface area contributed by atoms with Gasteiger partial charge in [-0.3, -0.25) is 10.1 Å². The highest BCUT2D eigenvalue weighted by Crippen LogP contribution is 2.43. The van der Waals surface area contributed by atoms with Gasteiger partial charge in [0.05, 0.1) is 10.5 Å². The average Bonchev–Trinajstić information content (AvgIpc) is 2.76. The number of nitro groups is 1. The van der Waals surface area contributed by atoms with Crippen molar-refractivity contribution in [3.63, 3.8) is 0 Å². The lowest BCUT2D eigenvalue weighted by Crippen LogP contribution is -2.02. The maximum Gasteiger partial charge on any atom is 0.336 e. The fourth-order valence-electron chi connectivity index (χ4n) is 2.58. The molecule has 1 aliphatic carbocycles. The zero-order valence-corrected chi connectivity index (χ0v) is 9.79. The number of carboxylic acid groups (broad SMARTS) is 1. The molecular weight excluding hydrogens is 246 g/mol. The molecule has 0 heterocycles. The zero-order valence-electron chi connectivity index (χ0n) is 9.79. The van der Waals surface area contributed by atoms with E-state index in [0.717, 1.165) is 11.1 Å². The molecule has 19 heavy (non-hydrogen) atoms. The Hall–Kier alpha value is -2.69. The summed E-state index contributed by atoms with van der Waals surface area (Å²) in [5.74, 6) is -1.07. The summed E-state index contributed by atoms with van der Waals surface area (Å²) >= 11 is 0. The van der Waals surface area contributed by atoms with Crippen LogP contribution in [0, 0.1) is 10.1 Å². The van der Waals surface area contributed by atoms with Gasteiger partial charge in [-0.15, -0.1) is 0 Å². The van der Waals surface area contributed by atoms with Gasteiger partial charge in [0, 0.05) is 23.6 Å². The second-order valence-electron chi connectivity index (χ2n) is 4.38. The smallest absolute Gasteiger partial charge is 0.336 e. The minimum Gasteiger partial charge on any atom is -0.478 e. The van der Waals surface area contributed by atoms with Crippen LogP contribution in [-0.4, -0.2) is 16.0 Å². The number of carboxylic acids is 1. The fraction of sp³-hybridized carbons (Fsp3) is 0.0714. The third kappa shape index (κ3) is 1.59. The lowest BCUT2D eigenvalue weighted by molar-refractivity contribution is -0.385. The Morgan fingerprint density at radius 2 is 1.95 bits per heavy atom. The molecule has 3 rings (SSSR count). The Labute approximate surface area is 108 Å². The number of nitrogens with zero attached hydrogens (tertiary/aromatic N) is 1. The van der Waals surface area contributed by atoms with Crippen molar-refractivity contribution in [3.8, 4) is 11.1 Å². The second-order valence-corrected chi connectivity index (χ2v) is 4.38. The SMILES string of the molecule is O=C(O)c1ccc([N+](=O)[O-])c2c1-c1ccccc1C2. The van der Waals surface area contributed by atoms with Gasteiger partial charge in [-0.1, -0.05) is 24.3 Å². The summed E-state index contributed by atoms with van der Waals surface area (Å²) in [4.78, 5) is 21.9. The van der Waals surface area contributed by atoms with Crippen LogP contribution in [0.3, 0.4) is 0 Å². The van der Waals surface area contributed by atoms with Gasteiger partial charge in [0.25, 0.3) is 5.69 Å². The van der Waals surface area contributed by atoms with E-state index >= 15 is 0 Å². The summed E-state index contributed by atoms with van der Waals surface area (Å²) in [5.41, 5.74) is 2.78. The van der Waals surface area contributed by atoms with Gasteiger partial charge < -0.3 is 5.11 Å². The zero-order chi connectivity index (χ0) is 13.6. The first-order valence-electron chi connectivity index (χ1n) is 5.71. The molecule has 0 spiro atoms. The number of fused-ring (bicyclic) bond motifs is 3. The van der Waals surface area contributed by atoms with Crippen molar-refractivity contribution in [2.24, 2.45) is 0 Å². The van der Waals surface area contributed by atoms with Gasteiger partial charge in [0.15, 0.2) is 0 Å². The summed E-state index contributed by atoms with van der Waals surface area (Å²) in [6.07, 6.45) is 0.406. The van der Waals surface area contributed by atoms with Crippen LogP contribution in [0.4, 0.5) is 5.69 Å². The van der Waals surface area contributed by atoms with Crippen molar-refractivity contribution in [2.45, 2.75) is 6.42 Å². The Kier molecular flexibility index (Phi) is 2.35. The van der Waals surface area contributed by atoms with Crippen molar-refractivity contribution in [1.82, 2.24) is 0 Å². The number of aromatic carboxylic acids is 1. The largest absolute Gasteiger partial charge is 0.478 e. The molecule has 1 aliphatic rings. The van der Waals surface area contributed by atoms with Gasteiger partial charge in [-0.05, 0) is 17.2 Å². The van der Waals surface area contributed by atoms with Crippen LogP contribution < -0.4 is 0 Å². The Balaban J connectivity index is 2.36. The first-order chi connectivity index (χ1) is 9.09. The minimum absolute atomic E-state index is 0.0174. The van der Waals surface area contributed by atoms with Gasteiger partial charge in [-0.25, -0.2) is 4.79 Å². The lowest BCUT2D eigenvalue weighted by atomic mass is 9.98. The number of carbonyl (C=O) groups is 1. The molecule has 0 saturated carbocycles. The van der Waals surface area contributed by atoms with Crippen molar-refractivity contribution < 1.29 is 14.8 Å². The molecule has 2 aromatic rings. The van der Waals surface area contributed by atoms with E-state index in [-0.39, 0.29) is 11.3 Å². The highest BCUT2D eigenvalue weighted by molar-refractivity contribution is 6.00. The van der Waals surface area contributed by atoms with Gasteiger partial charge >= 0.3 is 5.97 Å².